The molecule has 0 bridgehead atoms. The molecule has 0 saturated heterocycles. The molecule has 0 aromatic heterocycles. The second-order valence-corrected chi connectivity index (χ2v) is 5.62. The van der Waals surface area contributed by atoms with Crippen LogP contribution in [0.4, 0.5) is 22.0 Å². The summed E-state index contributed by atoms with van der Waals surface area (Å²) in [6, 6.07) is 5.17. The number of rotatable bonds is 3. The molecule has 0 fully saturated rings. The Kier molecular flexibility index (Phi) is 4.10. The molecule has 0 spiro atoms. The van der Waals surface area contributed by atoms with E-state index in [1.807, 2.05) is 0 Å². The Labute approximate surface area is 122 Å². The van der Waals surface area contributed by atoms with Crippen molar-refractivity contribution >= 4 is 10.1 Å². The maximum atomic E-state index is 13.0. The van der Waals surface area contributed by atoms with E-state index in [0.29, 0.717) is 24.3 Å². The fraction of sp³-hybridized carbons (Fsp3) is 0.0769. The molecule has 118 valence electrons. The normalized spacial score (nSPS) is 12.2. The number of hydrogen-bond acceptors (Lipinski definition) is 3. The quantitative estimate of drug-likeness (QED) is 0.632. The molecule has 2 aromatic rings. The molecule has 0 unspecified atom stereocenters. The largest absolute Gasteiger partial charge is 0.417 e. The average molecular weight is 338 g/mol. The van der Waals surface area contributed by atoms with Crippen LogP contribution in [-0.2, 0) is 16.3 Å². The van der Waals surface area contributed by atoms with Crippen LogP contribution in [0.5, 0.6) is 5.75 Å². The molecule has 3 nitrogen and oxygen atoms in total. The van der Waals surface area contributed by atoms with Gasteiger partial charge in [0.25, 0.3) is 0 Å². The molecule has 0 saturated carbocycles. The summed E-state index contributed by atoms with van der Waals surface area (Å²) in [5.41, 5.74) is -1.42. The second kappa shape index (κ2) is 5.56. The Morgan fingerprint density at radius 2 is 1.55 bits per heavy atom. The van der Waals surface area contributed by atoms with Gasteiger partial charge >= 0.3 is 16.3 Å². The Hall–Kier alpha value is -2.16. The zero-order valence-corrected chi connectivity index (χ0v) is 11.4. The Balaban J connectivity index is 2.45. The average Bonchev–Trinajstić information content (AvgIpc) is 2.42. The summed E-state index contributed by atoms with van der Waals surface area (Å²) < 4.78 is 92.4. The van der Waals surface area contributed by atoms with Crippen LogP contribution in [0.3, 0.4) is 0 Å². The van der Waals surface area contributed by atoms with Crippen LogP contribution >= 0.6 is 0 Å². The summed E-state index contributed by atoms with van der Waals surface area (Å²) in [7, 11) is -4.87. The highest BCUT2D eigenvalue weighted by atomic mass is 32.2. The highest BCUT2D eigenvalue weighted by Gasteiger charge is 2.37. The summed E-state index contributed by atoms with van der Waals surface area (Å²) >= 11 is 0. The van der Waals surface area contributed by atoms with E-state index in [1.165, 1.54) is 0 Å². The topological polar surface area (TPSA) is 43.4 Å². The van der Waals surface area contributed by atoms with E-state index in [1.54, 1.807) is 0 Å². The monoisotopic (exact) mass is 338 g/mol. The van der Waals surface area contributed by atoms with Gasteiger partial charge in [-0.15, -0.1) is 0 Å². The minimum atomic E-state index is -4.92. The van der Waals surface area contributed by atoms with Crippen molar-refractivity contribution in [2.75, 3.05) is 0 Å². The van der Waals surface area contributed by atoms with Gasteiger partial charge in [0.05, 0.1) is 5.56 Å². The van der Waals surface area contributed by atoms with Crippen molar-refractivity contribution in [3.8, 4) is 5.75 Å². The van der Waals surface area contributed by atoms with E-state index in [9.17, 15) is 30.4 Å². The van der Waals surface area contributed by atoms with E-state index in [0.717, 1.165) is 18.2 Å². The fourth-order valence-corrected chi connectivity index (χ4v) is 2.76. The summed E-state index contributed by atoms with van der Waals surface area (Å²) in [5, 5.41) is 0. The summed E-state index contributed by atoms with van der Waals surface area (Å²) in [6.45, 7) is 0. The lowest BCUT2D eigenvalue weighted by atomic mass is 10.2. The lowest BCUT2D eigenvalue weighted by Crippen LogP contribution is -2.17. The molecule has 0 heterocycles. The summed E-state index contributed by atoms with van der Waals surface area (Å²) in [5.74, 6) is -3.28. The molecular weight excluding hydrogens is 331 g/mol. The van der Waals surface area contributed by atoms with Crippen LogP contribution in [0.1, 0.15) is 5.56 Å². The van der Waals surface area contributed by atoms with Crippen molar-refractivity contribution in [2.24, 2.45) is 0 Å². The third kappa shape index (κ3) is 3.35. The Bertz CT molecular complexity index is 800. The van der Waals surface area contributed by atoms with E-state index < -0.39 is 44.1 Å². The lowest BCUT2D eigenvalue weighted by Gasteiger charge is -2.13. The van der Waals surface area contributed by atoms with Crippen molar-refractivity contribution in [2.45, 2.75) is 11.1 Å². The Morgan fingerprint density at radius 1 is 0.909 bits per heavy atom. The van der Waals surface area contributed by atoms with Crippen LogP contribution in [0.25, 0.3) is 0 Å². The molecule has 22 heavy (non-hydrogen) atoms. The smallest absolute Gasteiger partial charge is 0.379 e. The van der Waals surface area contributed by atoms with Gasteiger partial charge in [0, 0.05) is 6.07 Å². The summed E-state index contributed by atoms with van der Waals surface area (Å²) in [4.78, 5) is -1.12. The highest BCUT2D eigenvalue weighted by molar-refractivity contribution is 7.87. The third-order valence-electron chi connectivity index (χ3n) is 2.56. The molecule has 2 aromatic carbocycles. The van der Waals surface area contributed by atoms with Crippen molar-refractivity contribution in [3.05, 3.63) is 59.7 Å². The van der Waals surface area contributed by atoms with Gasteiger partial charge in [0.1, 0.15) is 10.6 Å². The first kappa shape index (κ1) is 16.2. The van der Waals surface area contributed by atoms with Crippen molar-refractivity contribution in [3.63, 3.8) is 0 Å². The van der Waals surface area contributed by atoms with Crippen LogP contribution < -0.4 is 4.18 Å². The minimum absolute atomic E-state index is 0.420. The predicted molar refractivity (Wildman–Crippen MR) is 65.6 cm³/mol. The van der Waals surface area contributed by atoms with E-state index >= 15 is 0 Å². The molecule has 0 aliphatic rings. The standard InChI is InChI=1S/C13H7F5O3S/c14-10-6-5-8(7-11(10)15)21-22(19,20)12-4-2-1-3-9(12)13(16,17)18/h1-7H. The number of halogens is 5. The van der Waals surface area contributed by atoms with Crippen molar-refractivity contribution < 1.29 is 34.6 Å². The molecule has 0 N–H and O–H groups in total. The van der Waals surface area contributed by atoms with Crippen molar-refractivity contribution in [1.29, 1.82) is 0 Å². The summed E-state index contributed by atoms with van der Waals surface area (Å²) in [6.07, 6.45) is -4.92. The van der Waals surface area contributed by atoms with Gasteiger partial charge in [-0.05, 0) is 24.3 Å². The van der Waals surface area contributed by atoms with Crippen LogP contribution in [0.15, 0.2) is 47.4 Å². The number of alkyl halides is 3. The molecule has 0 amide bonds. The highest BCUT2D eigenvalue weighted by Crippen LogP contribution is 2.35. The number of hydrogen-bond donors (Lipinski definition) is 0. The minimum Gasteiger partial charge on any atom is -0.379 e. The van der Waals surface area contributed by atoms with Crippen LogP contribution in [-0.4, -0.2) is 8.42 Å². The fourth-order valence-electron chi connectivity index (χ4n) is 1.62. The van der Waals surface area contributed by atoms with E-state index in [-0.39, 0.29) is 0 Å². The Morgan fingerprint density at radius 3 is 2.14 bits per heavy atom. The van der Waals surface area contributed by atoms with Crippen LogP contribution in [0, 0.1) is 11.6 Å². The molecule has 0 atom stereocenters. The zero-order chi connectivity index (χ0) is 16.5. The molecular formula is C13H7F5O3S. The van der Waals surface area contributed by atoms with Gasteiger partial charge in [-0.1, -0.05) is 12.1 Å². The SMILES string of the molecule is O=S(=O)(Oc1ccc(F)c(F)c1)c1ccccc1C(F)(F)F. The third-order valence-corrected chi connectivity index (χ3v) is 3.87. The maximum absolute atomic E-state index is 13.0. The zero-order valence-electron chi connectivity index (χ0n) is 10.6. The first-order chi connectivity index (χ1) is 10.1. The van der Waals surface area contributed by atoms with Gasteiger partial charge in [-0.2, -0.15) is 21.6 Å². The van der Waals surface area contributed by atoms with E-state index in [2.05, 4.69) is 4.18 Å². The van der Waals surface area contributed by atoms with Gasteiger partial charge in [-0.3, -0.25) is 0 Å². The second-order valence-electron chi connectivity index (χ2n) is 4.11. The lowest BCUT2D eigenvalue weighted by molar-refractivity contribution is -0.139. The number of benzene rings is 2. The van der Waals surface area contributed by atoms with Crippen LogP contribution in [0.2, 0.25) is 0 Å². The maximum Gasteiger partial charge on any atom is 0.417 e. The molecule has 9 heteroatoms. The molecule has 0 radical (unpaired) electrons. The predicted octanol–water partition coefficient (Wildman–Crippen LogP) is 3.75. The molecule has 0 aliphatic carbocycles. The van der Waals surface area contributed by atoms with Gasteiger partial charge < -0.3 is 4.18 Å². The van der Waals surface area contributed by atoms with Gasteiger partial charge in [-0.25, -0.2) is 8.78 Å². The van der Waals surface area contributed by atoms with Crippen molar-refractivity contribution in [1.82, 2.24) is 0 Å². The van der Waals surface area contributed by atoms with Gasteiger partial charge in [0.2, 0.25) is 0 Å². The molecule has 0 aliphatic heterocycles. The van der Waals surface area contributed by atoms with E-state index in [4.69, 9.17) is 0 Å². The van der Waals surface area contributed by atoms with Gasteiger partial charge in [0.15, 0.2) is 11.6 Å². The first-order valence-electron chi connectivity index (χ1n) is 5.67. The molecule has 2 rings (SSSR count). The first-order valence-corrected chi connectivity index (χ1v) is 7.08.